The summed E-state index contributed by atoms with van der Waals surface area (Å²) in [7, 11) is 0. The zero-order valence-corrected chi connectivity index (χ0v) is 7.84. The average Bonchev–Trinajstić information content (AvgIpc) is 2.27. The van der Waals surface area contributed by atoms with Gasteiger partial charge in [0.2, 0.25) is 0 Å². The summed E-state index contributed by atoms with van der Waals surface area (Å²) < 4.78 is 0. The molecule has 1 aliphatic heterocycles. The molecule has 15 heavy (non-hydrogen) atoms. The van der Waals surface area contributed by atoms with Crippen molar-refractivity contribution in [1.82, 2.24) is 9.97 Å². The van der Waals surface area contributed by atoms with E-state index in [9.17, 15) is 4.79 Å². The van der Waals surface area contributed by atoms with Crippen LogP contribution in [0.25, 0.3) is 11.0 Å². The minimum atomic E-state index is -0.0155. The molecular formula is C11H7N3O. The normalized spacial score (nSPS) is 14.3. The Kier molecular flexibility index (Phi) is 1.62. The Balaban J connectivity index is 2.38. The molecular weight excluding hydrogens is 190 g/mol. The maximum Gasteiger partial charge on any atom is 0.190 e. The van der Waals surface area contributed by atoms with Crippen molar-refractivity contribution in [2.24, 2.45) is 4.99 Å². The van der Waals surface area contributed by atoms with Crippen LogP contribution in [-0.2, 0) is 0 Å². The predicted octanol–water partition coefficient (Wildman–Crippen LogP) is 1.92. The number of fused-ring (bicyclic) bond motifs is 2. The lowest BCUT2D eigenvalue weighted by Crippen LogP contribution is -2.08. The van der Waals surface area contributed by atoms with Crippen molar-refractivity contribution in [3.05, 3.63) is 30.0 Å². The number of rotatable bonds is 0. The number of aromatic nitrogens is 2. The molecule has 0 bridgehead atoms. The average molecular weight is 197 g/mol. The summed E-state index contributed by atoms with van der Waals surface area (Å²) in [6.45, 7) is 0. The third-order valence-electron chi connectivity index (χ3n) is 2.31. The highest BCUT2D eigenvalue weighted by molar-refractivity contribution is 6.08. The highest BCUT2D eigenvalue weighted by Gasteiger charge is 2.17. The van der Waals surface area contributed by atoms with Crippen molar-refractivity contribution in [3.8, 4) is 0 Å². The molecule has 3 rings (SSSR count). The first-order valence-corrected chi connectivity index (χ1v) is 4.67. The number of benzene rings is 1. The van der Waals surface area contributed by atoms with E-state index < -0.39 is 0 Å². The van der Waals surface area contributed by atoms with Crippen LogP contribution in [0.4, 0.5) is 5.82 Å². The van der Waals surface area contributed by atoms with Crippen LogP contribution in [0.1, 0.15) is 16.9 Å². The Morgan fingerprint density at radius 1 is 1.07 bits per heavy atom. The second-order valence-electron chi connectivity index (χ2n) is 3.32. The van der Waals surface area contributed by atoms with E-state index in [4.69, 9.17) is 0 Å². The van der Waals surface area contributed by atoms with Crippen molar-refractivity contribution in [2.75, 3.05) is 0 Å². The van der Waals surface area contributed by atoms with Gasteiger partial charge in [-0.05, 0) is 12.1 Å². The number of ketones is 1. The lowest BCUT2D eigenvalue weighted by Gasteiger charge is -2.07. The van der Waals surface area contributed by atoms with Crippen LogP contribution in [0, 0.1) is 0 Å². The summed E-state index contributed by atoms with van der Waals surface area (Å²) in [5.41, 5.74) is 1.89. The van der Waals surface area contributed by atoms with Gasteiger partial charge in [0.1, 0.15) is 0 Å². The van der Waals surface area contributed by atoms with Gasteiger partial charge in [0, 0.05) is 12.6 Å². The van der Waals surface area contributed by atoms with Crippen molar-refractivity contribution in [1.29, 1.82) is 0 Å². The van der Waals surface area contributed by atoms with Crippen LogP contribution in [0.15, 0.2) is 29.3 Å². The van der Waals surface area contributed by atoms with Gasteiger partial charge in [-0.3, -0.25) is 4.79 Å². The van der Waals surface area contributed by atoms with Crippen LogP contribution in [-0.4, -0.2) is 22.0 Å². The van der Waals surface area contributed by atoms with E-state index in [0.29, 0.717) is 17.9 Å². The van der Waals surface area contributed by atoms with Gasteiger partial charge in [-0.2, -0.15) is 0 Å². The van der Waals surface area contributed by atoms with Gasteiger partial charge < -0.3 is 0 Å². The van der Waals surface area contributed by atoms with E-state index in [0.717, 1.165) is 11.0 Å². The molecule has 0 saturated heterocycles. The van der Waals surface area contributed by atoms with Crippen LogP contribution in [0.2, 0.25) is 0 Å². The summed E-state index contributed by atoms with van der Waals surface area (Å²) in [5.74, 6) is 0.420. The van der Waals surface area contributed by atoms with Crippen molar-refractivity contribution in [2.45, 2.75) is 6.42 Å². The molecule has 2 aromatic rings. The van der Waals surface area contributed by atoms with Crippen LogP contribution < -0.4 is 0 Å². The molecule has 1 aromatic carbocycles. The van der Waals surface area contributed by atoms with E-state index >= 15 is 0 Å². The second kappa shape index (κ2) is 2.95. The fourth-order valence-corrected chi connectivity index (χ4v) is 1.58. The standard InChI is InChI=1S/C11H7N3O/c15-9-5-6-12-11-10(9)13-7-3-1-2-4-8(7)14-11/h1-4,6H,5H2. The lowest BCUT2D eigenvalue weighted by molar-refractivity contribution is 0.0996. The van der Waals surface area contributed by atoms with Crippen LogP contribution in [0.3, 0.4) is 0 Å². The molecule has 4 heteroatoms. The monoisotopic (exact) mass is 197 g/mol. The molecule has 0 unspecified atom stereocenters. The fourth-order valence-electron chi connectivity index (χ4n) is 1.58. The zero-order valence-electron chi connectivity index (χ0n) is 7.84. The Hall–Kier alpha value is -2.10. The smallest absolute Gasteiger partial charge is 0.190 e. The molecule has 2 heterocycles. The number of carbonyl (C=O) groups excluding carboxylic acids is 1. The molecule has 72 valence electrons. The van der Waals surface area contributed by atoms with Gasteiger partial charge in [0.25, 0.3) is 0 Å². The van der Waals surface area contributed by atoms with Gasteiger partial charge in [0.05, 0.1) is 11.0 Å². The van der Waals surface area contributed by atoms with Crippen molar-refractivity contribution in [3.63, 3.8) is 0 Å². The Labute approximate surface area is 85.7 Å². The number of carbonyl (C=O) groups is 1. The van der Waals surface area contributed by atoms with Gasteiger partial charge in [-0.1, -0.05) is 12.1 Å². The first kappa shape index (κ1) is 8.23. The van der Waals surface area contributed by atoms with Gasteiger partial charge in [0.15, 0.2) is 17.3 Å². The number of para-hydroxylation sites is 2. The topological polar surface area (TPSA) is 55.2 Å². The number of hydrogen-bond donors (Lipinski definition) is 0. The van der Waals surface area contributed by atoms with Gasteiger partial charge in [-0.15, -0.1) is 0 Å². The quantitative estimate of drug-likeness (QED) is 0.648. The number of Topliss-reactive ketones (excluding diaryl/α,β-unsaturated/α-hetero) is 1. The fraction of sp³-hybridized carbons (Fsp3) is 0.0909. The third kappa shape index (κ3) is 1.22. The molecule has 1 aromatic heterocycles. The highest BCUT2D eigenvalue weighted by atomic mass is 16.1. The minimum absolute atomic E-state index is 0.0155. The SMILES string of the molecule is O=C1CC=Nc2nc3ccccc3nc21. The van der Waals surface area contributed by atoms with Crippen LogP contribution in [0.5, 0.6) is 0 Å². The molecule has 4 nitrogen and oxygen atoms in total. The lowest BCUT2D eigenvalue weighted by atomic mass is 10.1. The summed E-state index contributed by atoms with van der Waals surface area (Å²) in [5, 5.41) is 0. The maximum atomic E-state index is 11.5. The molecule has 0 atom stereocenters. The summed E-state index contributed by atoms with van der Waals surface area (Å²) >= 11 is 0. The zero-order chi connectivity index (χ0) is 10.3. The number of aliphatic imine (C=N–C) groups is 1. The molecule has 1 aliphatic rings. The van der Waals surface area contributed by atoms with E-state index in [-0.39, 0.29) is 5.78 Å². The first-order chi connectivity index (χ1) is 7.34. The Morgan fingerprint density at radius 3 is 2.60 bits per heavy atom. The summed E-state index contributed by atoms with van der Waals surface area (Å²) in [6.07, 6.45) is 1.90. The van der Waals surface area contributed by atoms with Gasteiger partial charge >= 0.3 is 0 Å². The molecule has 0 spiro atoms. The van der Waals surface area contributed by atoms with Crippen LogP contribution >= 0.6 is 0 Å². The largest absolute Gasteiger partial charge is 0.292 e. The van der Waals surface area contributed by atoms with E-state index in [1.54, 1.807) is 6.21 Å². The molecule has 0 N–H and O–H groups in total. The third-order valence-corrected chi connectivity index (χ3v) is 2.31. The first-order valence-electron chi connectivity index (χ1n) is 4.67. The summed E-state index contributed by atoms with van der Waals surface area (Å²) in [6, 6.07) is 7.46. The molecule has 0 amide bonds. The second-order valence-corrected chi connectivity index (χ2v) is 3.32. The maximum absolute atomic E-state index is 11.5. The Morgan fingerprint density at radius 2 is 1.80 bits per heavy atom. The summed E-state index contributed by atoms with van der Waals surface area (Å²) in [4.78, 5) is 24.2. The highest BCUT2D eigenvalue weighted by Crippen LogP contribution is 2.22. The number of nitrogens with zero attached hydrogens (tertiary/aromatic N) is 3. The predicted molar refractivity (Wildman–Crippen MR) is 56.6 cm³/mol. The van der Waals surface area contributed by atoms with Crippen molar-refractivity contribution < 1.29 is 4.79 Å². The Bertz CT molecular complexity index is 589. The van der Waals surface area contributed by atoms with E-state index in [1.807, 2.05) is 24.3 Å². The molecule has 0 saturated carbocycles. The van der Waals surface area contributed by atoms with Gasteiger partial charge in [-0.25, -0.2) is 15.0 Å². The molecule has 0 radical (unpaired) electrons. The van der Waals surface area contributed by atoms with E-state index in [1.165, 1.54) is 0 Å². The van der Waals surface area contributed by atoms with Crippen molar-refractivity contribution >= 4 is 28.8 Å². The minimum Gasteiger partial charge on any atom is -0.292 e. The number of hydrogen-bond acceptors (Lipinski definition) is 4. The molecule has 0 aliphatic carbocycles. The van der Waals surface area contributed by atoms with E-state index in [2.05, 4.69) is 15.0 Å². The molecule has 0 fully saturated rings.